The van der Waals surface area contributed by atoms with E-state index in [1.165, 1.54) is 23.3 Å². The van der Waals surface area contributed by atoms with Crippen LogP contribution in [-0.2, 0) is 13.0 Å². The summed E-state index contributed by atoms with van der Waals surface area (Å²) < 4.78 is 13.3. The van der Waals surface area contributed by atoms with Crippen molar-refractivity contribution in [2.75, 3.05) is 11.4 Å². The van der Waals surface area contributed by atoms with Gasteiger partial charge in [0.25, 0.3) is 5.56 Å². The molecule has 0 saturated carbocycles. The maximum absolute atomic E-state index is 13.3. The highest BCUT2D eigenvalue weighted by Crippen LogP contribution is 2.26. The van der Waals surface area contributed by atoms with Crippen LogP contribution >= 0.6 is 0 Å². The summed E-state index contributed by atoms with van der Waals surface area (Å²) in [6.07, 6.45) is 2.53. The summed E-state index contributed by atoms with van der Waals surface area (Å²) in [6.45, 7) is 1.48. The van der Waals surface area contributed by atoms with Crippen LogP contribution in [0, 0.1) is 5.82 Å². The third-order valence-electron chi connectivity index (χ3n) is 5.18. The predicted octanol–water partition coefficient (Wildman–Crippen LogP) is 3.69. The van der Waals surface area contributed by atoms with Crippen molar-refractivity contribution in [1.82, 2.24) is 15.0 Å². The number of nitrogens with one attached hydrogen (secondary N) is 1. The van der Waals surface area contributed by atoms with Gasteiger partial charge in [0.15, 0.2) is 5.65 Å². The van der Waals surface area contributed by atoms with Crippen molar-refractivity contribution in [3.63, 3.8) is 0 Å². The Hall–Kier alpha value is -3.54. The molecule has 0 aliphatic carbocycles. The number of aromatic nitrogens is 3. The molecule has 1 aliphatic heterocycles. The van der Waals surface area contributed by atoms with Crippen LogP contribution in [0.2, 0.25) is 0 Å². The Kier molecular flexibility index (Phi) is 3.90. The minimum absolute atomic E-state index is 0.244. The molecule has 0 spiro atoms. The minimum atomic E-state index is -0.318. The maximum Gasteiger partial charge on any atom is 0.262 e. The van der Waals surface area contributed by atoms with Crippen LogP contribution in [0.1, 0.15) is 11.1 Å². The first-order valence-corrected chi connectivity index (χ1v) is 9.16. The first-order valence-electron chi connectivity index (χ1n) is 9.16. The number of halogens is 1. The van der Waals surface area contributed by atoms with Gasteiger partial charge in [0.2, 0.25) is 5.95 Å². The van der Waals surface area contributed by atoms with Crippen molar-refractivity contribution in [2.24, 2.45) is 0 Å². The molecular formula is C22H17FN4O. The van der Waals surface area contributed by atoms with E-state index in [2.05, 4.69) is 32.0 Å². The molecule has 4 aromatic rings. The molecule has 1 N–H and O–H groups in total. The van der Waals surface area contributed by atoms with Gasteiger partial charge in [0.1, 0.15) is 5.82 Å². The van der Waals surface area contributed by atoms with Crippen molar-refractivity contribution in [3.05, 3.63) is 88.1 Å². The number of benzene rings is 2. The largest absolute Gasteiger partial charge is 0.338 e. The first-order chi connectivity index (χ1) is 13.7. The van der Waals surface area contributed by atoms with Gasteiger partial charge in [-0.25, -0.2) is 9.37 Å². The number of H-pyrrole nitrogens is 1. The molecule has 0 bridgehead atoms. The van der Waals surface area contributed by atoms with Gasteiger partial charge >= 0.3 is 0 Å². The second kappa shape index (κ2) is 6.56. The Labute approximate surface area is 160 Å². The number of hydrogen-bond acceptors (Lipinski definition) is 4. The van der Waals surface area contributed by atoms with Crippen LogP contribution in [0.3, 0.4) is 0 Å². The van der Waals surface area contributed by atoms with E-state index in [1.54, 1.807) is 24.4 Å². The van der Waals surface area contributed by atoms with Crippen molar-refractivity contribution >= 4 is 17.0 Å². The van der Waals surface area contributed by atoms with Crippen molar-refractivity contribution < 1.29 is 4.39 Å². The highest BCUT2D eigenvalue weighted by atomic mass is 19.1. The Morgan fingerprint density at radius 3 is 2.61 bits per heavy atom. The zero-order valence-electron chi connectivity index (χ0n) is 15.0. The molecule has 6 heteroatoms. The second-order valence-electron chi connectivity index (χ2n) is 6.89. The number of hydrogen-bond donors (Lipinski definition) is 1. The van der Waals surface area contributed by atoms with Gasteiger partial charge in [0.05, 0.1) is 5.39 Å². The van der Waals surface area contributed by atoms with E-state index in [1.807, 2.05) is 12.1 Å². The molecule has 5 nitrogen and oxygen atoms in total. The molecule has 0 atom stereocenters. The normalized spacial score (nSPS) is 13.5. The fourth-order valence-corrected chi connectivity index (χ4v) is 3.75. The van der Waals surface area contributed by atoms with Gasteiger partial charge in [-0.05, 0) is 46.9 Å². The topological polar surface area (TPSA) is 61.9 Å². The fraction of sp³-hybridized carbons (Fsp3) is 0.136. The number of pyridine rings is 1. The fourth-order valence-electron chi connectivity index (χ4n) is 3.75. The second-order valence-corrected chi connectivity index (χ2v) is 6.89. The molecule has 2 aromatic carbocycles. The van der Waals surface area contributed by atoms with Gasteiger partial charge in [-0.2, -0.15) is 4.98 Å². The summed E-state index contributed by atoms with van der Waals surface area (Å²) >= 11 is 0. The maximum atomic E-state index is 13.3. The number of nitrogens with zero attached hydrogens (tertiary/aromatic N) is 3. The average molecular weight is 372 g/mol. The van der Waals surface area contributed by atoms with Crippen LogP contribution in [-0.4, -0.2) is 21.5 Å². The van der Waals surface area contributed by atoms with Crippen LogP contribution in [0.15, 0.2) is 65.6 Å². The summed E-state index contributed by atoms with van der Waals surface area (Å²) in [6, 6.07) is 16.1. The smallest absolute Gasteiger partial charge is 0.262 e. The number of rotatable bonds is 2. The van der Waals surface area contributed by atoms with Gasteiger partial charge < -0.3 is 4.90 Å². The summed E-state index contributed by atoms with van der Waals surface area (Å²) in [5, 5.41) is 0.412. The lowest BCUT2D eigenvalue weighted by atomic mass is 10.0. The zero-order valence-corrected chi connectivity index (χ0v) is 15.0. The molecule has 2 aromatic heterocycles. The first kappa shape index (κ1) is 16.6. The molecule has 28 heavy (non-hydrogen) atoms. The third-order valence-corrected chi connectivity index (χ3v) is 5.18. The van der Waals surface area contributed by atoms with E-state index in [0.717, 1.165) is 18.5 Å². The number of aromatic amines is 1. The van der Waals surface area contributed by atoms with E-state index in [-0.39, 0.29) is 11.4 Å². The highest BCUT2D eigenvalue weighted by Gasteiger charge is 2.19. The standard InChI is InChI=1S/C22H17FN4O/c23-17-7-5-15(6-8-17)18-9-11-24-20-19(18)21(28)26-22(25-20)27-12-10-14-3-1-2-4-16(14)13-27/h1-9,11H,10,12-13H2,(H,24,25,26,28). The predicted molar refractivity (Wildman–Crippen MR) is 107 cm³/mol. The summed E-state index contributed by atoms with van der Waals surface area (Å²) in [5.41, 5.74) is 4.16. The molecule has 1 aliphatic rings. The van der Waals surface area contributed by atoms with Crippen LogP contribution in [0.25, 0.3) is 22.2 Å². The molecule has 0 saturated heterocycles. The van der Waals surface area contributed by atoms with E-state index >= 15 is 0 Å². The average Bonchev–Trinajstić information content (AvgIpc) is 2.73. The summed E-state index contributed by atoms with van der Waals surface area (Å²) in [4.78, 5) is 26.8. The monoisotopic (exact) mass is 372 g/mol. The lowest BCUT2D eigenvalue weighted by Crippen LogP contribution is -2.33. The zero-order chi connectivity index (χ0) is 19.1. The van der Waals surface area contributed by atoms with E-state index in [4.69, 9.17) is 0 Å². The number of anilines is 1. The van der Waals surface area contributed by atoms with E-state index < -0.39 is 0 Å². The molecule has 0 radical (unpaired) electrons. The summed E-state index contributed by atoms with van der Waals surface area (Å²) in [7, 11) is 0. The Morgan fingerprint density at radius 2 is 1.79 bits per heavy atom. The lowest BCUT2D eigenvalue weighted by molar-refractivity contribution is 0.628. The van der Waals surface area contributed by atoms with Crippen molar-refractivity contribution in [1.29, 1.82) is 0 Å². The number of fused-ring (bicyclic) bond motifs is 2. The molecule has 3 heterocycles. The van der Waals surface area contributed by atoms with E-state index in [9.17, 15) is 9.18 Å². The van der Waals surface area contributed by atoms with Gasteiger partial charge in [-0.15, -0.1) is 0 Å². The van der Waals surface area contributed by atoms with Crippen LogP contribution in [0.4, 0.5) is 10.3 Å². The summed E-state index contributed by atoms with van der Waals surface area (Å²) in [5.74, 6) is 0.206. The Bertz CT molecular complexity index is 1230. The van der Waals surface area contributed by atoms with E-state index in [0.29, 0.717) is 29.1 Å². The Balaban J connectivity index is 1.59. The van der Waals surface area contributed by atoms with Crippen molar-refractivity contribution in [2.45, 2.75) is 13.0 Å². The molecular weight excluding hydrogens is 355 g/mol. The quantitative estimate of drug-likeness (QED) is 0.583. The molecule has 5 rings (SSSR count). The SMILES string of the molecule is O=c1[nH]c(N2CCc3ccccc3C2)nc2nccc(-c3ccc(F)cc3)c12. The highest BCUT2D eigenvalue weighted by molar-refractivity contribution is 5.92. The third kappa shape index (κ3) is 2.83. The molecule has 138 valence electrons. The Morgan fingerprint density at radius 1 is 1.00 bits per heavy atom. The van der Waals surface area contributed by atoms with Gasteiger partial charge in [-0.3, -0.25) is 9.78 Å². The lowest BCUT2D eigenvalue weighted by Gasteiger charge is -2.29. The molecule has 0 fully saturated rings. The van der Waals surface area contributed by atoms with Gasteiger partial charge in [-0.1, -0.05) is 36.4 Å². The van der Waals surface area contributed by atoms with Crippen molar-refractivity contribution in [3.8, 4) is 11.1 Å². The van der Waals surface area contributed by atoms with Crippen LogP contribution in [0.5, 0.6) is 0 Å². The molecule has 0 amide bonds. The molecule has 0 unspecified atom stereocenters. The minimum Gasteiger partial charge on any atom is -0.338 e. The van der Waals surface area contributed by atoms with Gasteiger partial charge in [0, 0.05) is 19.3 Å². The van der Waals surface area contributed by atoms with Crippen LogP contribution < -0.4 is 10.5 Å².